The number of anilines is 1. The first-order chi connectivity index (χ1) is 11.7. The molecule has 1 N–H and O–H groups in total. The topological polar surface area (TPSA) is 64.4 Å². The van der Waals surface area contributed by atoms with Gasteiger partial charge in [-0.15, -0.1) is 0 Å². The van der Waals surface area contributed by atoms with Crippen LogP contribution in [0.4, 0.5) is 5.88 Å². The molecule has 0 unspecified atom stereocenters. The Hall–Kier alpha value is -3.08. The van der Waals surface area contributed by atoms with Crippen LogP contribution in [0, 0.1) is 6.92 Å². The number of esters is 1. The molecule has 0 fully saturated rings. The van der Waals surface area contributed by atoms with Gasteiger partial charge in [-0.3, -0.25) is 0 Å². The molecule has 0 radical (unpaired) electrons. The van der Waals surface area contributed by atoms with Gasteiger partial charge in [0.1, 0.15) is 5.69 Å². The zero-order chi connectivity index (χ0) is 16.9. The van der Waals surface area contributed by atoms with Crippen LogP contribution in [-0.4, -0.2) is 18.2 Å². The van der Waals surface area contributed by atoms with Gasteiger partial charge in [-0.05, 0) is 18.1 Å². The average Bonchev–Trinajstić information content (AvgIpc) is 3.05. The van der Waals surface area contributed by atoms with Crippen molar-refractivity contribution in [2.45, 2.75) is 13.5 Å². The lowest BCUT2D eigenvalue weighted by atomic mass is 10.1. The zero-order valence-corrected chi connectivity index (χ0v) is 13.6. The summed E-state index contributed by atoms with van der Waals surface area (Å²) >= 11 is 0. The van der Waals surface area contributed by atoms with Crippen LogP contribution in [0.1, 0.15) is 21.5 Å². The maximum Gasteiger partial charge on any atom is 0.345 e. The molecule has 2 aromatic carbocycles. The van der Waals surface area contributed by atoms with Gasteiger partial charge in [0, 0.05) is 12.1 Å². The molecule has 0 aliphatic carbocycles. The third-order valence-corrected chi connectivity index (χ3v) is 3.83. The molecule has 24 heavy (non-hydrogen) atoms. The van der Waals surface area contributed by atoms with Crippen LogP contribution < -0.4 is 5.32 Å². The van der Waals surface area contributed by atoms with Gasteiger partial charge >= 0.3 is 5.97 Å². The second-order valence-corrected chi connectivity index (χ2v) is 5.37. The van der Waals surface area contributed by atoms with E-state index < -0.39 is 5.97 Å². The number of aryl methyl sites for hydroxylation is 1. The largest absolute Gasteiger partial charge is 0.465 e. The highest BCUT2D eigenvalue weighted by molar-refractivity contribution is 6.00. The van der Waals surface area contributed by atoms with Crippen molar-refractivity contribution in [3.63, 3.8) is 0 Å². The van der Waals surface area contributed by atoms with Gasteiger partial charge in [-0.1, -0.05) is 59.8 Å². The van der Waals surface area contributed by atoms with Crippen LogP contribution in [0.25, 0.3) is 11.3 Å². The van der Waals surface area contributed by atoms with Crippen LogP contribution in [0.5, 0.6) is 0 Å². The highest BCUT2D eigenvalue weighted by Gasteiger charge is 2.24. The number of carbonyl (C=O) groups is 1. The van der Waals surface area contributed by atoms with Crippen molar-refractivity contribution in [1.29, 1.82) is 0 Å². The van der Waals surface area contributed by atoms with Crippen molar-refractivity contribution in [1.82, 2.24) is 5.16 Å². The smallest absolute Gasteiger partial charge is 0.345 e. The fraction of sp³-hybridized carbons (Fsp3) is 0.158. The average molecular weight is 322 g/mol. The molecule has 3 rings (SSSR count). The molecule has 1 heterocycles. The maximum absolute atomic E-state index is 12.2. The number of carbonyl (C=O) groups excluding carboxylic acids is 1. The fourth-order valence-corrected chi connectivity index (χ4v) is 2.48. The van der Waals surface area contributed by atoms with Crippen LogP contribution in [0.15, 0.2) is 59.1 Å². The molecule has 0 amide bonds. The van der Waals surface area contributed by atoms with Crippen molar-refractivity contribution in [2.24, 2.45) is 0 Å². The molecule has 3 aromatic rings. The summed E-state index contributed by atoms with van der Waals surface area (Å²) in [5.74, 6) is -0.175. The number of ether oxygens (including phenoxy) is 1. The van der Waals surface area contributed by atoms with Crippen LogP contribution >= 0.6 is 0 Å². The summed E-state index contributed by atoms with van der Waals surface area (Å²) in [7, 11) is 1.34. The van der Waals surface area contributed by atoms with E-state index in [1.165, 1.54) is 7.11 Å². The fourth-order valence-electron chi connectivity index (χ4n) is 2.48. The first-order valence-electron chi connectivity index (χ1n) is 7.62. The predicted molar refractivity (Wildman–Crippen MR) is 91.8 cm³/mol. The van der Waals surface area contributed by atoms with Gasteiger partial charge in [-0.2, -0.15) is 0 Å². The summed E-state index contributed by atoms with van der Waals surface area (Å²) in [6.07, 6.45) is 0. The number of nitrogens with one attached hydrogen (secondary N) is 1. The van der Waals surface area contributed by atoms with Gasteiger partial charge < -0.3 is 14.6 Å². The number of rotatable bonds is 5. The van der Waals surface area contributed by atoms with E-state index in [0.717, 1.165) is 16.7 Å². The number of benzene rings is 2. The molecule has 5 nitrogen and oxygen atoms in total. The molecule has 1 aromatic heterocycles. The Kier molecular flexibility index (Phi) is 4.61. The Labute approximate surface area is 140 Å². The third-order valence-electron chi connectivity index (χ3n) is 3.83. The van der Waals surface area contributed by atoms with Crippen molar-refractivity contribution < 1.29 is 14.1 Å². The van der Waals surface area contributed by atoms with Gasteiger partial charge in [-0.25, -0.2) is 4.79 Å². The Bertz CT molecular complexity index is 841. The molecular weight excluding hydrogens is 304 g/mol. The first-order valence-corrected chi connectivity index (χ1v) is 7.62. The summed E-state index contributed by atoms with van der Waals surface area (Å²) in [5.41, 5.74) is 3.84. The molecule has 0 bridgehead atoms. The van der Waals surface area contributed by atoms with Crippen LogP contribution in [0.3, 0.4) is 0 Å². The number of hydrogen-bond donors (Lipinski definition) is 1. The maximum atomic E-state index is 12.2. The van der Waals surface area contributed by atoms with E-state index in [2.05, 4.69) is 10.5 Å². The lowest BCUT2D eigenvalue weighted by Crippen LogP contribution is -2.08. The SMILES string of the molecule is COC(=O)c1c(-c2ccccc2)noc1NCc1ccccc1C. The predicted octanol–water partition coefficient (Wildman–Crippen LogP) is 4.05. The molecule has 122 valence electrons. The van der Waals surface area contributed by atoms with E-state index in [-0.39, 0.29) is 0 Å². The first kappa shape index (κ1) is 15.8. The van der Waals surface area contributed by atoms with Crippen molar-refractivity contribution in [2.75, 3.05) is 12.4 Å². The number of hydrogen-bond acceptors (Lipinski definition) is 5. The van der Waals surface area contributed by atoms with Gasteiger partial charge in [0.05, 0.1) is 7.11 Å². The van der Waals surface area contributed by atoms with Crippen molar-refractivity contribution >= 4 is 11.9 Å². The van der Waals surface area contributed by atoms with E-state index >= 15 is 0 Å². The summed E-state index contributed by atoms with van der Waals surface area (Å²) in [6.45, 7) is 2.56. The Morgan fingerprint density at radius 2 is 1.83 bits per heavy atom. The number of methoxy groups -OCH3 is 1. The minimum atomic E-state index is -0.484. The quantitative estimate of drug-likeness (QED) is 0.718. The van der Waals surface area contributed by atoms with Crippen molar-refractivity contribution in [3.8, 4) is 11.3 Å². The molecule has 5 heteroatoms. The number of aromatic nitrogens is 1. The number of nitrogens with zero attached hydrogens (tertiary/aromatic N) is 1. The second kappa shape index (κ2) is 7.00. The second-order valence-electron chi connectivity index (χ2n) is 5.37. The van der Waals surface area contributed by atoms with Gasteiger partial charge in [0.2, 0.25) is 5.88 Å². The minimum Gasteiger partial charge on any atom is -0.465 e. The Balaban J connectivity index is 1.92. The molecule has 0 saturated carbocycles. The lowest BCUT2D eigenvalue weighted by molar-refractivity contribution is 0.0602. The van der Waals surface area contributed by atoms with Crippen LogP contribution in [0.2, 0.25) is 0 Å². The molecule has 0 atom stereocenters. The molecule has 0 saturated heterocycles. The van der Waals surface area contributed by atoms with Gasteiger partial charge in [0.25, 0.3) is 0 Å². The van der Waals surface area contributed by atoms with Crippen molar-refractivity contribution in [3.05, 3.63) is 71.3 Å². The van der Waals surface area contributed by atoms with Crippen LogP contribution in [-0.2, 0) is 11.3 Å². The summed E-state index contributed by atoms with van der Waals surface area (Å²) < 4.78 is 10.3. The molecule has 0 aliphatic rings. The Morgan fingerprint density at radius 1 is 1.12 bits per heavy atom. The molecule has 0 spiro atoms. The standard InChI is InChI=1S/C19H18N2O3/c1-13-8-6-7-11-15(13)12-20-18-16(19(22)23-2)17(21-24-18)14-9-4-3-5-10-14/h3-11,20H,12H2,1-2H3. The van der Waals surface area contributed by atoms with E-state index in [0.29, 0.717) is 23.7 Å². The summed E-state index contributed by atoms with van der Waals surface area (Å²) in [6, 6.07) is 17.4. The van der Waals surface area contributed by atoms with E-state index in [4.69, 9.17) is 9.26 Å². The van der Waals surface area contributed by atoms with Gasteiger partial charge in [0.15, 0.2) is 5.56 Å². The highest BCUT2D eigenvalue weighted by Crippen LogP contribution is 2.29. The molecular formula is C19H18N2O3. The lowest BCUT2D eigenvalue weighted by Gasteiger charge is -2.07. The van der Waals surface area contributed by atoms with E-state index in [1.54, 1.807) is 0 Å². The Morgan fingerprint density at radius 3 is 2.54 bits per heavy atom. The summed E-state index contributed by atoms with van der Waals surface area (Å²) in [5, 5.41) is 7.20. The van der Waals surface area contributed by atoms with E-state index in [9.17, 15) is 4.79 Å². The van der Waals surface area contributed by atoms with E-state index in [1.807, 2.05) is 61.5 Å². The monoisotopic (exact) mass is 322 g/mol. The molecule has 0 aliphatic heterocycles. The summed E-state index contributed by atoms with van der Waals surface area (Å²) in [4.78, 5) is 12.2. The normalized spacial score (nSPS) is 10.4. The zero-order valence-electron chi connectivity index (χ0n) is 13.6. The minimum absolute atomic E-state index is 0.303. The highest BCUT2D eigenvalue weighted by atomic mass is 16.5. The third kappa shape index (κ3) is 3.15.